The normalized spacial score (nSPS) is 11.9. The fourth-order valence-corrected chi connectivity index (χ4v) is 2.07. The minimum Gasteiger partial charge on any atom is -0.481 e. The van der Waals surface area contributed by atoms with E-state index < -0.39 is 17.8 Å². The first-order chi connectivity index (χ1) is 8.95. The molecule has 0 saturated heterocycles. The van der Waals surface area contributed by atoms with Gasteiger partial charge in [0.15, 0.2) is 0 Å². The highest BCUT2D eigenvalue weighted by atomic mass is 79.9. The first-order valence-electron chi connectivity index (χ1n) is 5.77. The predicted molar refractivity (Wildman–Crippen MR) is 75.3 cm³/mol. The molecule has 0 spiro atoms. The van der Waals surface area contributed by atoms with Crippen LogP contribution in [0.5, 0.6) is 0 Å². The number of nitrogens with zero attached hydrogens (tertiary/aromatic N) is 1. The Morgan fingerprint density at radius 2 is 2.26 bits per heavy atom. The third kappa shape index (κ3) is 4.80. The van der Waals surface area contributed by atoms with E-state index in [1.807, 2.05) is 6.92 Å². The lowest BCUT2D eigenvalue weighted by atomic mass is 10.0. The molecule has 0 saturated carbocycles. The number of hydrogen-bond acceptors (Lipinski definition) is 3. The van der Waals surface area contributed by atoms with Gasteiger partial charge in [-0.3, -0.25) is 9.59 Å². The molecule has 7 heteroatoms. The first kappa shape index (κ1) is 15.9. The number of aromatic nitrogens is 1. The lowest BCUT2D eigenvalue weighted by molar-refractivity contribution is -0.141. The highest BCUT2D eigenvalue weighted by Gasteiger charge is 2.19. The summed E-state index contributed by atoms with van der Waals surface area (Å²) in [5.41, 5.74) is 0.219. The van der Waals surface area contributed by atoms with E-state index in [2.05, 4.69) is 26.2 Å². The van der Waals surface area contributed by atoms with Crippen molar-refractivity contribution in [2.24, 2.45) is 5.92 Å². The summed E-state index contributed by atoms with van der Waals surface area (Å²) in [6, 6.07) is 1.54. The zero-order valence-corrected chi connectivity index (χ0v) is 12.7. The molecule has 0 aliphatic heterocycles. The summed E-state index contributed by atoms with van der Waals surface area (Å²) < 4.78 is 0.630. The number of rotatable bonds is 6. The Morgan fingerprint density at radius 3 is 2.84 bits per heavy atom. The summed E-state index contributed by atoms with van der Waals surface area (Å²) in [5.74, 6) is -1.94. The SMILES string of the molecule is CCCC(CNC(=O)c1cc(Br)cnc1Cl)C(=O)O. The topological polar surface area (TPSA) is 79.3 Å². The first-order valence-corrected chi connectivity index (χ1v) is 6.94. The lowest BCUT2D eigenvalue weighted by Gasteiger charge is -2.12. The molecule has 1 amide bonds. The second kappa shape index (κ2) is 7.45. The summed E-state index contributed by atoms with van der Waals surface area (Å²) in [7, 11) is 0. The Morgan fingerprint density at radius 1 is 1.58 bits per heavy atom. The molecule has 0 fully saturated rings. The summed E-state index contributed by atoms with van der Waals surface area (Å²) >= 11 is 9.02. The minimum absolute atomic E-state index is 0.0743. The number of carboxylic acids is 1. The fourth-order valence-electron chi connectivity index (χ4n) is 1.55. The number of nitrogens with one attached hydrogen (secondary N) is 1. The molecular weight excluding hydrogens is 336 g/mol. The zero-order valence-electron chi connectivity index (χ0n) is 10.3. The highest BCUT2D eigenvalue weighted by Crippen LogP contribution is 2.18. The average molecular weight is 350 g/mol. The quantitative estimate of drug-likeness (QED) is 0.774. The number of amides is 1. The number of carbonyl (C=O) groups is 2. The van der Waals surface area contributed by atoms with Gasteiger partial charge in [-0.15, -0.1) is 0 Å². The average Bonchev–Trinajstić information content (AvgIpc) is 2.36. The van der Waals surface area contributed by atoms with Gasteiger partial charge in [0.1, 0.15) is 5.15 Å². The van der Waals surface area contributed by atoms with Crippen molar-refractivity contribution in [1.29, 1.82) is 0 Å². The van der Waals surface area contributed by atoms with Gasteiger partial charge in [-0.2, -0.15) is 0 Å². The van der Waals surface area contributed by atoms with E-state index in [-0.39, 0.29) is 17.3 Å². The van der Waals surface area contributed by atoms with Crippen molar-refractivity contribution in [3.8, 4) is 0 Å². The number of carbonyl (C=O) groups excluding carboxylic acids is 1. The highest BCUT2D eigenvalue weighted by molar-refractivity contribution is 9.10. The van der Waals surface area contributed by atoms with E-state index in [4.69, 9.17) is 16.7 Å². The Balaban J connectivity index is 2.69. The molecule has 1 atom stereocenters. The second-order valence-electron chi connectivity index (χ2n) is 4.03. The van der Waals surface area contributed by atoms with Crippen molar-refractivity contribution in [3.63, 3.8) is 0 Å². The van der Waals surface area contributed by atoms with Gasteiger partial charge >= 0.3 is 5.97 Å². The Bertz CT molecular complexity index is 482. The minimum atomic E-state index is -0.916. The van der Waals surface area contributed by atoms with Gasteiger partial charge in [-0.05, 0) is 28.4 Å². The molecule has 0 bridgehead atoms. The van der Waals surface area contributed by atoms with Gasteiger partial charge in [0.2, 0.25) is 0 Å². The van der Waals surface area contributed by atoms with Crippen molar-refractivity contribution in [3.05, 3.63) is 27.5 Å². The maximum absolute atomic E-state index is 11.9. The molecule has 1 heterocycles. The van der Waals surface area contributed by atoms with Gasteiger partial charge in [0.05, 0.1) is 11.5 Å². The smallest absolute Gasteiger partial charge is 0.308 e. The van der Waals surface area contributed by atoms with Gasteiger partial charge in [-0.25, -0.2) is 4.98 Å². The van der Waals surface area contributed by atoms with Crippen LogP contribution >= 0.6 is 27.5 Å². The molecule has 1 rings (SSSR count). The standard InChI is InChI=1S/C12H14BrClN2O3/c1-2-3-7(12(18)19)5-16-11(17)9-4-8(13)6-15-10(9)14/h4,6-7H,2-3,5H2,1H3,(H,16,17)(H,18,19). The number of aliphatic carboxylic acids is 1. The van der Waals surface area contributed by atoms with Crippen LogP contribution in [0.25, 0.3) is 0 Å². The van der Waals surface area contributed by atoms with Crippen molar-refractivity contribution >= 4 is 39.4 Å². The van der Waals surface area contributed by atoms with E-state index in [1.165, 1.54) is 6.20 Å². The Labute approximate surface area is 124 Å². The van der Waals surface area contributed by atoms with Crippen molar-refractivity contribution in [2.45, 2.75) is 19.8 Å². The Hall–Kier alpha value is -1.14. The summed E-state index contributed by atoms with van der Waals surface area (Å²) in [4.78, 5) is 26.7. The van der Waals surface area contributed by atoms with Crippen LogP contribution in [-0.4, -0.2) is 28.5 Å². The van der Waals surface area contributed by atoms with E-state index in [1.54, 1.807) is 6.07 Å². The van der Waals surface area contributed by atoms with Crippen LogP contribution in [0.2, 0.25) is 5.15 Å². The van der Waals surface area contributed by atoms with Crippen molar-refractivity contribution in [1.82, 2.24) is 10.3 Å². The molecule has 1 aromatic rings. The van der Waals surface area contributed by atoms with Crippen LogP contribution in [0.1, 0.15) is 30.1 Å². The Kier molecular flexibility index (Phi) is 6.24. The van der Waals surface area contributed by atoms with Crippen LogP contribution < -0.4 is 5.32 Å². The molecule has 104 valence electrons. The van der Waals surface area contributed by atoms with Crippen LogP contribution in [0.15, 0.2) is 16.7 Å². The molecule has 0 aliphatic rings. The van der Waals surface area contributed by atoms with Crippen LogP contribution in [-0.2, 0) is 4.79 Å². The maximum Gasteiger partial charge on any atom is 0.308 e. The number of carboxylic acid groups (broad SMARTS) is 1. The van der Waals surface area contributed by atoms with Gasteiger partial charge in [0.25, 0.3) is 5.91 Å². The second-order valence-corrected chi connectivity index (χ2v) is 5.30. The van der Waals surface area contributed by atoms with Crippen LogP contribution in [0.3, 0.4) is 0 Å². The summed E-state index contributed by atoms with van der Waals surface area (Å²) in [5, 5.41) is 11.6. The van der Waals surface area contributed by atoms with E-state index in [0.717, 1.165) is 6.42 Å². The third-order valence-electron chi connectivity index (χ3n) is 2.55. The lowest BCUT2D eigenvalue weighted by Crippen LogP contribution is -2.33. The molecule has 19 heavy (non-hydrogen) atoms. The molecule has 1 aromatic heterocycles. The fraction of sp³-hybridized carbons (Fsp3) is 0.417. The van der Waals surface area contributed by atoms with Gasteiger partial charge < -0.3 is 10.4 Å². The molecule has 1 unspecified atom stereocenters. The number of pyridine rings is 1. The number of hydrogen-bond donors (Lipinski definition) is 2. The monoisotopic (exact) mass is 348 g/mol. The largest absolute Gasteiger partial charge is 0.481 e. The third-order valence-corrected chi connectivity index (χ3v) is 3.28. The van der Waals surface area contributed by atoms with Gasteiger partial charge in [-0.1, -0.05) is 24.9 Å². The van der Waals surface area contributed by atoms with Crippen LogP contribution in [0.4, 0.5) is 0 Å². The predicted octanol–water partition coefficient (Wildman–Crippen LogP) is 2.73. The summed E-state index contributed by atoms with van der Waals surface area (Å²) in [6.45, 7) is 1.97. The number of halogens is 2. The maximum atomic E-state index is 11.9. The molecular formula is C12H14BrClN2O3. The van der Waals surface area contributed by atoms with E-state index in [9.17, 15) is 9.59 Å². The molecule has 5 nitrogen and oxygen atoms in total. The molecule has 0 aromatic carbocycles. The van der Waals surface area contributed by atoms with E-state index in [0.29, 0.717) is 10.9 Å². The summed E-state index contributed by atoms with van der Waals surface area (Å²) in [6.07, 6.45) is 2.74. The molecule has 0 radical (unpaired) electrons. The van der Waals surface area contributed by atoms with Crippen LogP contribution in [0, 0.1) is 5.92 Å². The van der Waals surface area contributed by atoms with Crippen molar-refractivity contribution < 1.29 is 14.7 Å². The van der Waals surface area contributed by atoms with Gasteiger partial charge in [0, 0.05) is 17.2 Å². The van der Waals surface area contributed by atoms with Crippen molar-refractivity contribution in [2.75, 3.05) is 6.54 Å². The molecule has 0 aliphatic carbocycles. The zero-order chi connectivity index (χ0) is 14.4. The van der Waals surface area contributed by atoms with E-state index >= 15 is 0 Å². The molecule has 2 N–H and O–H groups in total.